The Morgan fingerprint density at radius 3 is 2.07 bits per heavy atom. The Bertz CT molecular complexity index is 249. The van der Waals surface area contributed by atoms with Crippen LogP contribution in [-0.4, -0.2) is 22.2 Å². The molecule has 4 atom stereocenters. The van der Waals surface area contributed by atoms with Crippen LogP contribution in [0.5, 0.6) is 0 Å². The van der Waals surface area contributed by atoms with Gasteiger partial charge in [-0.1, -0.05) is 13.8 Å². The molecule has 1 fully saturated rings. The Kier molecular flexibility index (Phi) is 3.13. The number of hydrogen-bond donors (Lipinski definition) is 2. The van der Waals surface area contributed by atoms with Crippen molar-refractivity contribution in [3.8, 4) is 0 Å². The Hall–Kier alpha value is -1.06. The van der Waals surface area contributed by atoms with Gasteiger partial charge in [0.1, 0.15) is 0 Å². The molecule has 0 aromatic carbocycles. The molecule has 14 heavy (non-hydrogen) atoms. The Labute approximate surface area is 82.9 Å². The number of rotatable bonds is 2. The van der Waals surface area contributed by atoms with Gasteiger partial charge in [0.2, 0.25) is 0 Å². The van der Waals surface area contributed by atoms with Crippen molar-refractivity contribution in [2.24, 2.45) is 23.7 Å². The molecule has 0 saturated heterocycles. The van der Waals surface area contributed by atoms with Gasteiger partial charge in [-0.25, -0.2) is 0 Å². The van der Waals surface area contributed by atoms with Crippen LogP contribution in [0.4, 0.5) is 0 Å². The summed E-state index contributed by atoms with van der Waals surface area (Å²) in [5.74, 6) is -3.14. The van der Waals surface area contributed by atoms with E-state index in [2.05, 4.69) is 0 Å². The van der Waals surface area contributed by atoms with Crippen molar-refractivity contribution in [2.75, 3.05) is 0 Å². The molecule has 4 heteroatoms. The van der Waals surface area contributed by atoms with E-state index in [4.69, 9.17) is 10.2 Å². The minimum absolute atomic E-state index is 0.0534. The summed E-state index contributed by atoms with van der Waals surface area (Å²) in [6.45, 7) is 3.82. The van der Waals surface area contributed by atoms with Crippen molar-refractivity contribution in [2.45, 2.75) is 26.7 Å². The second-order valence-corrected chi connectivity index (χ2v) is 4.22. The topological polar surface area (TPSA) is 74.6 Å². The molecule has 0 spiro atoms. The minimum Gasteiger partial charge on any atom is -0.481 e. The molecule has 1 aliphatic rings. The molecule has 0 aromatic heterocycles. The first-order valence-corrected chi connectivity index (χ1v) is 4.90. The van der Waals surface area contributed by atoms with Gasteiger partial charge in [-0.15, -0.1) is 0 Å². The SMILES string of the molecule is C[C@H]1[C@@H](C(=O)O)[C@@H](C(=O)O)CC[C@H]1C. The smallest absolute Gasteiger partial charge is 0.307 e. The summed E-state index contributed by atoms with van der Waals surface area (Å²) in [6, 6.07) is 0. The first kappa shape index (κ1) is 11.0. The van der Waals surface area contributed by atoms with E-state index in [0.29, 0.717) is 12.3 Å². The van der Waals surface area contributed by atoms with E-state index in [9.17, 15) is 9.59 Å². The van der Waals surface area contributed by atoms with Gasteiger partial charge in [0.15, 0.2) is 0 Å². The fourth-order valence-electron chi connectivity index (χ4n) is 2.28. The van der Waals surface area contributed by atoms with Crippen LogP contribution < -0.4 is 0 Å². The van der Waals surface area contributed by atoms with Gasteiger partial charge in [0, 0.05) is 0 Å². The molecular weight excluding hydrogens is 184 g/mol. The highest BCUT2D eigenvalue weighted by atomic mass is 16.4. The van der Waals surface area contributed by atoms with E-state index in [-0.39, 0.29) is 5.92 Å². The third-order valence-corrected chi connectivity index (χ3v) is 3.43. The molecule has 0 aromatic rings. The van der Waals surface area contributed by atoms with E-state index in [1.54, 1.807) is 0 Å². The summed E-state index contributed by atoms with van der Waals surface area (Å²) in [6.07, 6.45) is 1.29. The standard InChI is InChI=1S/C10H16O4/c1-5-3-4-7(9(11)12)8(6(5)2)10(13)14/h5-8H,3-4H2,1-2H3,(H,11,12)(H,13,14)/t5-,6-,7+,8-/m1/s1. The van der Waals surface area contributed by atoms with Crippen LogP contribution >= 0.6 is 0 Å². The first-order valence-electron chi connectivity index (χ1n) is 4.90. The van der Waals surface area contributed by atoms with Crippen molar-refractivity contribution < 1.29 is 19.8 Å². The summed E-state index contributed by atoms with van der Waals surface area (Å²) < 4.78 is 0. The maximum atomic E-state index is 11.0. The third-order valence-electron chi connectivity index (χ3n) is 3.43. The summed E-state index contributed by atoms with van der Waals surface area (Å²) in [7, 11) is 0. The quantitative estimate of drug-likeness (QED) is 0.707. The molecule has 0 heterocycles. The van der Waals surface area contributed by atoms with Crippen molar-refractivity contribution in [3.05, 3.63) is 0 Å². The van der Waals surface area contributed by atoms with Crippen LogP contribution in [0.25, 0.3) is 0 Å². The molecule has 0 radical (unpaired) electrons. The molecule has 4 nitrogen and oxygen atoms in total. The number of aliphatic carboxylic acids is 2. The highest BCUT2D eigenvalue weighted by Crippen LogP contribution is 2.38. The largest absolute Gasteiger partial charge is 0.481 e. The lowest BCUT2D eigenvalue weighted by Gasteiger charge is -2.35. The third kappa shape index (κ3) is 1.89. The zero-order valence-corrected chi connectivity index (χ0v) is 8.43. The van der Waals surface area contributed by atoms with E-state index >= 15 is 0 Å². The number of carboxylic acids is 2. The van der Waals surface area contributed by atoms with Gasteiger partial charge in [0.25, 0.3) is 0 Å². The van der Waals surface area contributed by atoms with Crippen molar-refractivity contribution >= 4 is 11.9 Å². The van der Waals surface area contributed by atoms with E-state index in [1.807, 2.05) is 13.8 Å². The van der Waals surface area contributed by atoms with Gasteiger partial charge in [-0.3, -0.25) is 9.59 Å². The van der Waals surface area contributed by atoms with E-state index in [0.717, 1.165) is 6.42 Å². The number of hydrogen-bond acceptors (Lipinski definition) is 2. The Morgan fingerprint density at radius 1 is 1.07 bits per heavy atom. The lowest BCUT2D eigenvalue weighted by molar-refractivity contribution is -0.159. The fourth-order valence-corrected chi connectivity index (χ4v) is 2.28. The van der Waals surface area contributed by atoms with Gasteiger partial charge in [0.05, 0.1) is 11.8 Å². The van der Waals surface area contributed by atoms with Crippen molar-refractivity contribution in [3.63, 3.8) is 0 Å². The molecule has 1 rings (SSSR count). The predicted octanol–water partition coefficient (Wildman–Crippen LogP) is 1.45. The molecule has 0 bridgehead atoms. The van der Waals surface area contributed by atoms with Crippen LogP contribution in [0.3, 0.4) is 0 Å². The molecular formula is C10H16O4. The lowest BCUT2D eigenvalue weighted by atomic mass is 9.68. The van der Waals surface area contributed by atoms with Crippen LogP contribution in [0, 0.1) is 23.7 Å². The van der Waals surface area contributed by atoms with Crippen LogP contribution in [0.2, 0.25) is 0 Å². The highest BCUT2D eigenvalue weighted by Gasteiger charge is 2.42. The molecule has 2 N–H and O–H groups in total. The summed E-state index contributed by atoms with van der Waals surface area (Å²) in [5, 5.41) is 17.9. The summed E-state index contributed by atoms with van der Waals surface area (Å²) in [5.41, 5.74) is 0. The average Bonchev–Trinajstić information content (AvgIpc) is 2.08. The lowest BCUT2D eigenvalue weighted by Crippen LogP contribution is -2.40. The normalized spacial score (nSPS) is 37.9. The Balaban J connectivity index is 2.87. The molecule has 0 aliphatic heterocycles. The minimum atomic E-state index is -0.976. The van der Waals surface area contributed by atoms with Gasteiger partial charge in [-0.2, -0.15) is 0 Å². The monoisotopic (exact) mass is 200 g/mol. The van der Waals surface area contributed by atoms with E-state index in [1.165, 1.54) is 0 Å². The van der Waals surface area contributed by atoms with Gasteiger partial charge < -0.3 is 10.2 Å². The molecule has 1 aliphatic carbocycles. The van der Waals surface area contributed by atoms with E-state index < -0.39 is 23.8 Å². The first-order chi connectivity index (χ1) is 6.45. The molecule has 80 valence electrons. The second kappa shape index (κ2) is 3.98. The zero-order chi connectivity index (χ0) is 10.9. The molecule has 0 unspecified atom stereocenters. The molecule has 0 amide bonds. The van der Waals surface area contributed by atoms with Crippen LogP contribution in [-0.2, 0) is 9.59 Å². The van der Waals surface area contributed by atoms with Crippen LogP contribution in [0.15, 0.2) is 0 Å². The van der Waals surface area contributed by atoms with Crippen LogP contribution in [0.1, 0.15) is 26.7 Å². The van der Waals surface area contributed by atoms with Gasteiger partial charge in [-0.05, 0) is 24.7 Å². The van der Waals surface area contributed by atoms with Crippen molar-refractivity contribution in [1.82, 2.24) is 0 Å². The number of carbonyl (C=O) groups is 2. The maximum absolute atomic E-state index is 11.0. The summed E-state index contributed by atoms with van der Waals surface area (Å²) >= 11 is 0. The zero-order valence-electron chi connectivity index (χ0n) is 8.43. The highest BCUT2D eigenvalue weighted by molar-refractivity contribution is 5.80. The fraction of sp³-hybridized carbons (Fsp3) is 0.800. The summed E-state index contributed by atoms with van der Waals surface area (Å²) in [4.78, 5) is 21.8. The average molecular weight is 200 g/mol. The van der Waals surface area contributed by atoms with Gasteiger partial charge >= 0.3 is 11.9 Å². The molecule has 1 saturated carbocycles. The predicted molar refractivity (Wildman–Crippen MR) is 49.8 cm³/mol. The Morgan fingerprint density at radius 2 is 1.64 bits per heavy atom. The van der Waals surface area contributed by atoms with Crippen molar-refractivity contribution in [1.29, 1.82) is 0 Å². The number of carboxylic acid groups (broad SMARTS) is 2. The second-order valence-electron chi connectivity index (χ2n) is 4.22. The maximum Gasteiger partial charge on any atom is 0.307 e.